The Morgan fingerprint density at radius 3 is 1.73 bits per heavy atom. The summed E-state index contributed by atoms with van der Waals surface area (Å²) in [6.45, 7) is 3.62. The molecule has 0 heterocycles. The maximum atomic E-state index is 10.1. The molecule has 0 rings (SSSR count). The van der Waals surface area contributed by atoms with Crippen LogP contribution < -0.4 is 0 Å². The summed E-state index contributed by atoms with van der Waals surface area (Å²) in [5, 5.41) is 0. The van der Waals surface area contributed by atoms with Crippen LogP contribution in [0.25, 0.3) is 0 Å². The lowest BCUT2D eigenvalue weighted by Gasteiger charge is -2.13. The Hall–Kier alpha value is -1.86. The van der Waals surface area contributed by atoms with Crippen molar-refractivity contribution < 1.29 is 14.4 Å². The van der Waals surface area contributed by atoms with E-state index in [1.165, 1.54) is 18.2 Å². The van der Waals surface area contributed by atoms with Gasteiger partial charge in [0.2, 0.25) is 18.2 Å². The minimum Gasteiger partial charge on any atom is -0.211 e. The van der Waals surface area contributed by atoms with Gasteiger partial charge in [0.05, 0.1) is 0 Å². The van der Waals surface area contributed by atoms with Crippen molar-refractivity contribution in [3.63, 3.8) is 0 Å². The van der Waals surface area contributed by atoms with Gasteiger partial charge in [-0.25, -0.2) is 14.4 Å². The summed E-state index contributed by atoms with van der Waals surface area (Å²) >= 11 is 0. The van der Waals surface area contributed by atoms with E-state index in [-0.39, 0.29) is 6.42 Å². The second kappa shape index (κ2) is 7.54. The van der Waals surface area contributed by atoms with Crippen molar-refractivity contribution in [2.75, 3.05) is 0 Å². The summed E-state index contributed by atoms with van der Waals surface area (Å²) in [5.41, 5.74) is 0. The first-order valence-electron chi connectivity index (χ1n) is 4.31. The number of carbonyl (C=O) groups excluding carboxylic acids is 3. The molecule has 0 amide bonds. The summed E-state index contributed by atoms with van der Waals surface area (Å²) in [7, 11) is 0. The van der Waals surface area contributed by atoms with Crippen molar-refractivity contribution in [3.05, 3.63) is 6.92 Å². The molecular formula is C9H10N3O3. The van der Waals surface area contributed by atoms with Crippen LogP contribution in [-0.4, -0.2) is 24.0 Å². The van der Waals surface area contributed by atoms with Gasteiger partial charge in [0, 0.05) is 6.42 Å². The van der Waals surface area contributed by atoms with E-state index < -0.39 is 5.79 Å². The van der Waals surface area contributed by atoms with E-state index in [0.29, 0.717) is 12.8 Å². The molecule has 0 bridgehead atoms. The molecule has 1 radical (unpaired) electrons. The quantitative estimate of drug-likeness (QED) is 0.355. The van der Waals surface area contributed by atoms with Gasteiger partial charge in [0.25, 0.3) is 5.79 Å². The smallest absolute Gasteiger partial charge is 0.211 e. The first-order valence-corrected chi connectivity index (χ1v) is 4.31. The summed E-state index contributed by atoms with van der Waals surface area (Å²) < 4.78 is 0. The lowest BCUT2D eigenvalue weighted by atomic mass is 10.1. The second-order valence-electron chi connectivity index (χ2n) is 2.69. The summed E-state index contributed by atoms with van der Waals surface area (Å²) in [5.74, 6) is -1.72. The first-order chi connectivity index (χ1) is 7.24. The zero-order chi connectivity index (χ0) is 11.6. The number of isocyanates is 3. The number of unbranched alkanes of at least 4 members (excludes halogenated alkanes) is 2. The molecule has 0 aromatic heterocycles. The molecular weight excluding hydrogens is 198 g/mol. The van der Waals surface area contributed by atoms with Crippen molar-refractivity contribution in [2.24, 2.45) is 15.0 Å². The van der Waals surface area contributed by atoms with E-state index in [2.05, 4.69) is 21.9 Å². The molecule has 0 unspecified atom stereocenters. The first kappa shape index (κ1) is 13.1. The Morgan fingerprint density at radius 1 is 0.933 bits per heavy atom. The Bertz CT molecular complexity index is 289. The average Bonchev–Trinajstić information content (AvgIpc) is 2.19. The molecule has 0 N–H and O–H groups in total. The third kappa shape index (κ3) is 4.79. The van der Waals surface area contributed by atoms with Crippen LogP contribution in [0.5, 0.6) is 0 Å². The van der Waals surface area contributed by atoms with Crippen LogP contribution in [0.15, 0.2) is 15.0 Å². The molecule has 0 saturated heterocycles. The van der Waals surface area contributed by atoms with E-state index in [1.807, 2.05) is 0 Å². The molecule has 0 saturated carbocycles. The fraction of sp³-hybridized carbons (Fsp3) is 0.556. The summed E-state index contributed by atoms with van der Waals surface area (Å²) in [6.07, 6.45) is 5.83. The largest absolute Gasteiger partial charge is 0.277 e. The van der Waals surface area contributed by atoms with Crippen molar-refractivity contribution in [2.45, 2.75) is 31.5 Å². The van der Waals surface area contributed by atoms with E-state index >= 15 is 0 Å². The van der Waals surface area contributed by atoms with Crippen LogP contribution in [0.3, 0.4) is 0 Å². The molecule has 79 valence electrons. The van der Waals surface area contributed by atoms with Gasteiger partial charge in [0.1, 0.15) is 0 Å². The van der Waals surface area contributed by atoms with Gasteiger partial charge in [0.15, 0.2) is 0 Å². The third-order valence-electron chi connectivity index (χ3n) is 1.69. The highest BCUT2D eigenvalue weighted by Crippen LogP contribution is 2.21. The lowest BCUT2D eigenvalue weighted by Crippen LogP contribution is -2.20. The van der Waals surface area contributed by atoms with Crippen LogP contribution in [0, 0.1) is 6.92 Å². The minimum absolute atomic E-state index is 0.155. The van der Waals surface area contributed by atoms with E-state index in [0.717, 1.165) is 6.42 Å². The maximum absolute atomic E-state index is 10.1. The van der Waals surface area contributed by atoms with Crippen molar-refractivity contribution in [1.82, 2.24) is 0 Å². The molecule has 15 heavy (non-hydrogen) atoms. The van der Waals surface area contributed by atoms with Gasteiger partial charge in [-0.15, -0.1) is 0 Å². The normalized spacial score (nSPS) is 12.6. The van der Waals surface area contributed by atoms with Crippen LogP contribution >= 0.6 is 0 Å². The molecule has 0 atom stereocenters. The standard InChI is InChI=1S/C9H10N3O3/c1-2-3-4-5-9(10-6-13,11-7-14)12-8-15/h1-5H2. The fourth-order valence-corrected chi connectivity index (χ4v) is 1.00. The van der Waals surface area contributed by atoms with Gasteiger partial charge < -0.3 is 0 Å². The zero-order valence-electron chi connectivity index (χ0n) is 8.10. The van der Waals surface area contributed by atoms with Gasteiger partial charge in [-0.1, -0.05) is 19.8 Å². The molecule has 0 aromatic carbocycles. The molecule has 0 aliphatic rings. The van der Waals surface area contributed by atoms with E-state index in [1.54, 1.807) is 0 Å². The molecule has 6 heteroatoms. The molecule has 0 aliphatic heterocycles. The van der Waals surface area contributed by atoms with Crippen molar-refractivity contribution in [1.29, 1.82) is 0 Å². The van der Waals surface area contributed by atoms with Gasteiger partial charge in [-0.05, 0) is 6.42 Å². The van der Waals surface area contributed by atoms with E-state index in [4.69, 9.17) is 0 Å². The fourth-order valence-electron chi connectivity index (χ4n) is 1.00. The topological polar surface area (TPSA) is 88.3 Å². The minimum atomic E-state index is -1.72. The highest BCUT2D eigenvalue weighted by Gasteiger charge is 2.27. The Kier molecular flexibility index (Phi) is 6.60. The second-order valence-corrected chi connectivity index (χ2v) is 2.69. The Balaban J connectivity index is 4.85. The van der Waals surface area contributed by atoms with Gasteiger partial charge >= 0.3 is 0 Å². The van der Waals surface area contributed by atoms with Crippen LogP contribution in [0.2, 0.25) is 0 Å². The molecule has 0 aliphatic carbocycles. The predicted octanol–water partition coefficient (Wildman–Crippen LogP) is 1.04. The number of hydrogen-bond acceptors (Lipinski definition) is 6. The summed E-state index contributed by atoms with van der Waals surface area (Å²) in [4.78, 5) is 40.0. The molecule has 0 aromatic rings. The Labute approximate surface area is 86.8 Å². The molecule has 0 spiro atoms. The van der Waals surface area contributed by atoms with Crippen LogP contribution in [0.1, 0.15) is 25.7 Å². The lowest BCUT2D eigenvalue weighted by molar-refractivity contribution is 0.403. The Morgan fingerprint density at radius 2 is 1.40 bits per heavy atom. The molecule has 0 fully saturated rings. The number of rotatable bonds is 7. The van der Waals surface area contributed by atoms with Gasteiger partial charge in [-0.3, -0.25) is 0 Å². The van der Waals surface area contributed by atoms with Crippen LogP contribution in [0.4, 0.5) is 0 Å². The highest BCUT2D eigenvalue weighted by atomic mass is 16.1. The van der Waals surface area contributed by atoms with Gasteiger partial charge in [-0.2, -0.15) is 15.0 Å². The monoisotopic (exact) mass is 208 g/mol. The average molecular weight is 208 g/mol. The number of hydrogen-bond donors (Lipinski definition) is 0. The number of nitrogens with zero attached hydrogens (tertiary/aromatic N) is 3. The maximum Gasteiger partial charge on any atom is 0.277 e. The third-order valence-corrected chi connectivity index (χ3v) is 1.69. The van der Waals surface area contributed by atoms with Crippen molar-refractivity contribution >= 4 is 18.2 Å². The SMILES string of the molecule is [CH2]CCCCC(N=C=O)(N=C=O)N=C=O. The summed E-state index contributed by atoms with van der Waals surface area (Å²) in [6, 6.07) is 0. The van der Waals surface area contributed by atoms with Crippen molar-refractivity contribution in [3.8, 4) is 0 Å². The predicted molar refractivity (Wildman–Crippen MR) is 50.9 cm³/mol. The number of aliphatic imine (C=N–C) groups is 3. The van der Waals surface area contributed by atoms with E-state index in [9.17, 15) is 14.4 Å². The van der Waals surface area contributed by atoms with Crippen LogP contribution in [-0.2, 0) is 14.4 Å². The highest BCUT2D eigenvalue weighted by molar-refractivity contribution is 5.42. The zero-order valence-corrected chi connectivity index (χ0v) is 8.10. The molecule has 6 nitrogen and oxygen atoms in total.